The van der Waals surface area contributed by atoms with Crippen molar-refractivity contribution in [2.24, 2.45) is 0 Å². The number of benzene rings is 1. The molecular formula is C23H40NO6P. The molecule has 0 aliphatic carbocycles. The van der Waals surface area contributed by atoms with Crippen molar-refractivity contribution < 1.29 is 23.1 Å². The minimum absolute atomic E-state index is 0.0667. The number of unbranched alkanes of at least 4 members (excludes halogenated alkanes) is 13. The number of phosphoric ester groups is 1. The lowest BCUT2D eigenvalue weighted by Gasteiger charge is -2.16. The Balaban J connectivity index is 2.04. The monoisotopic (exact) mass is 457 g/mol. The summed E-state index contributed by atoms with van der Waals surface area (Å²) in [6.45, 7) is 2.54. The van der Waals surface area contributed by atoms with Gasteiger partial charge in [-0.05, 0) is 18.6 Å². The molecule has 0 N–H and O–H groups in total. The van der Waals surface area contributed by atoms with E-state index in [1.54, 1.807) is 0 Å². The topological polar surface area (TPSA) is 87.9 Å². The first-order valence-electron chi connectivity index (χ1n) is 11.7. The van der Waals surface area contributed by atoms with Crippen molar-refractivity contribution >= 4 is 13.5 Å². The lowest BCUT2D eigenvalue weighted by molar-refractivity contribution is -0.384. The molecule has 1 rings (SSSR count). The van der Waals surface area contributed by atoms with E-state index in [9.17, 15) is 14.7 Å². The third-order valence-corrected chi connectivity index (χ3v) is 6.62. The Labute approximate surface area is 187 Å². The molecule has 31 heavy (non-hydrogen) atoms. The van der Waals surface area contributed by atoms with E-state index in [2.05, 4.69) is 6.92 Å². The number of nitrogens with zero attached hydrogens (tertiary/aromatic N) is 1. The average Bonchev–Trinajstić information content (AvgIpc) is 2.77. The molecule has 0 saturated carbocycles. The summed E-state index contributed by atoms with van der Waals surface area (Å²) >= 11 is 0. The van der Waals surface area contributed by atoms with Crippen LogP contribution in [0.25, 0.3) is 0 Å². The lowest BCUT2D eigenvalue weighted by Crippen LogP contribution is -2.02. The molecule has 0 saturated heterocycles. The molecule has 0 heterocycles. The van der Waals surface area contributed by atoms with Crippen LogP contribution in [-0.2, 0) is 13.6 Å². The van der Waals surface area contributed by atoms with Crippen molar-refractivity contribution in [2.45, 2.75) is 96.8 Å². The minimum atomic E-state index is -3.72. The Hall–Kier alpha value is -1.43. The average molecular weight is 458 g/mol. The van der Waals surface area contributed by atoms with E-state index in [-0.39, 0.29) is 18.0 Å². The summed E-state index contributed by atoms with van der Waals surface area (Å²) in [4.78, 5) is 10.2. The Morgan fingerprint density at radius 2 is 1.26 bits per heavy atom. The molecule has 0 aromatic heterocycles. The van der Waals surface area contributed by atoms with Crippen molar-refractivity contribution in [1.82, 2.24) is 0 Å². The highest BCUT2D eigenvalue weighted by Gasteiger charge is 2.26. The third-order valence-electron chi connectivity index (χ3n) is 5.24. The number of rotatable bonds is 20. The summed E-state index contributed by atoms with van der Waals surface area (Å²) in [5.41, 5.74) is -0.0667. The van der Waals surface area contributed by atoms with Crippen LogP contribution >= 0.6 is 7.82 Å². The zero-order valence-corrected chi connectivity index (χ0v) is 20.2. The van der Waals surface area contributed by atoms with Gasteiger partial charge in [0.1, 0.15) is 5.75 Å². The highest BCUT2D eigenvalue weighted by Crippen LogP contribution is 2.48. The molecule has 1 aromatic rings. The molecule has 0 aliphatic heterocycles. The van der Waals surface area contributed by atoms with E-state index < -0.39 is 12.7 Å². The fourth-order valence-corrected chi connectivity index (χ4v) is 4.31. The molecule has 1 aromatic carbocycles. The van der Waals surface area contributed by atoms with Gasteiger partial charge in [-0.1, -0.05) is 90.4 Å². The summed E-state index contributed by atoms with van der Waals surface area (Å²) in [6.07, 6.45) is 17.7. The molecule has 1 unspecified atom stereocenters. The second kappa shape index (κ2) is 17.2. The predicted molar refractivity (Wildman–Crippen MR) is 125 cm³/mol. The molecular weight excluding hydrogens is 417 g/mol. The number of hydrogen-bond donors (Lipinski definition) is 0. The Morgan fingerprint density at radius 3 is 1.68 bits per heavy atom. The molecule has 0 aliphatic rings. The van der Waals surface area contributed by atoms with Gasteiger partial charge in [0, 0.05) is 19.2 Å². The second-order valence-corrected chi connectivity index (χ2v) is 9.60. The lowest BCUT2D eigenvalue weighted by atomic mass is 10.0. The zero-order valence-electron chi connectivity index (χ0n) is 19.3. The van der Waals surface area contributed by atoms with Gasteiger partial charge in [-0.2, -0.15) is 0 Å². The van der Waals surface area contributed by atoms with Gasteiger partial charge in [-0.15, -0.1) is 0 Å². The maximum absolute atomic E-state index is 12.5. The van der Waals surface area contributed by atoms with Gasteiger partial charge in [-0.3, -0.25) is 19.2 Å². The van der Waals surface area contributed by atoms with Crippen LogP contribution in [0.15, 0.2) is 24.3 Å². The van der Waals surface area contributed by atoms with Crippen LogP contribution in [0.1, 0.15) is 96.8 Å². The van der Waals surface area contributed by atoms with Crippen LogP contribution in [0.3, 0.4) is 0 Å². The fourth-order valence-electron chi connectivity index (χ4n) is 3.35. The number of nitro benzene ring substituents is 1. The van der Waals surface area contributed by atoms with E-state index in [1.165, 1.54) is 102 Å². The summed E-state index contributed by atoms with van der Waals surface area (Å²) in [6, 6.07) is 5.31. The highest BCUT2D eigenvalue weighted by atomic mass is 31.2. The van der Waals surface area contributed by atoms with Crippen LogP contribution in [0.2, 0.25) is 0 Å². The van der Waals surface area contributed by atoms with Crippen LogP contribution in [-0.4, -0.2) is 18.6 Å². The van der Waals surface area contributed by atoms with Gasteiger partial charge in [0.2, 0.25) is 0 Å². The number of nitro groups is 1. The molecule has 0 radical (unpaired) electrons. The summed E-state index contributed by atoms with van der Waals surface area (Å²) < 4.78 is 28.1. The largest absolute Gasteiger partial charge is 0.529 e. The van der Waals surface area contributed by atoms with Gasteiger partial charge >= 0.3 is 7.82 Å². The Bertz CT molecular complexity index is 637. The van der Waals surface area contributed by atoms with E-state index in [0.717, 1.165) is 19.3 Å². The molecule has 1 atom stereocenters. The first kappa shape index (κ1) is 27.6. The highest BCUT2D eigenvalue weighted by molar-refractivity contribution is 7.48. The zero-order chi connectivity index (χ0) is 22.8. The van der Waals surface area contributed by atoms with E-state index >= 15 is 0 Å². The number of hydrogen-bond acceptors (Lipinski definition) is 6. The minimum Gasteiger partial charge on any atom is -0.404 e. The third kappa shape index (κ3) is 13.6. The van der Waals surface area contributed by atoms with Gasteiger partial charge in [-0.25, -0.2) is 4.57 Å². The molecule has 7 nitrogen and oxygen atoms in total. The van der Waals surface area contributed by atoms with Crippen molar-refractivity contribution in [3.8, 4) is 5.75 Å². The van der Waals surface area contributed by atoms with Crippen molar-refractivity contribution in [3.05, 3.63) is 34.4 Å². The maximum Gasteiger partial charge on any atom is 0.529 e. The van der Waals surface area contributed by atoms with Crippen molar-refractivity contribution in [1.29, 1.82) is 0 Å². The summed E-state index contributed by atoms with van der Waals surface area (Å²) in [5, 5.41) is 10.7. The Morgan fingerprint density at radius 1 is 0.806 bits per heavy atom. The van der Waals surface area contributed by atoms with Gasteiger partial charge in [0.25, 0.3) is 5.69 Å². The van der Waals surface area contributed by atoms with Crippen molar-refractivity contribution in [2.75, 3.05) is 13.7 Å². The second-order valence-electron chi connectivity index (χ2n) is 7.90. The molecule has 0 spiro atoms. The summed E-state index contributed by atoms with van der Waals surface area (Å²) in [5.74, 6) is 0.205. The van der Waals surface area contributed by atoms with Crippen LogP contribution in [0.4, 0.5) is 5.69 Å². The maximum atomic E-state index is 12.5. The molecule has 178 valence electrons. The fraction of sp³-hybridized carbons (Fsp3) is 0.739. The van der Waals surface area contributed by atoms with E-state index in [4.69, 9.17) is 13.6 Å². The molecule has 0 bridgehead atoms. The smallest absolute Gasteiger partial charge is 0.404 e. The molecule has 8 heteroatoms. The first-order chi connectivity index (χ1) is 15.0. The molecule has 0 fully saturated rings. The van der Waals surface area contributed by atoms with Gasteiger partial charge < -0.3 is 4.52 Å². The Kier molecular flexibility index (Phi) is 15.3. The predicted octanol–water partition coefficient (Wildman–Crippen LogP) is 8.23. The van der Waals surface area contributed by atoms with Crippen molar-refractivity contribution in [3.63, 3.8) is 0 Å². The molecule has 0 amide bonds. The summed E-state index contributed by atoms with van der Waals surface area (Å²) in [7, 11) is -2.46. The normalized spacial score (nSPS) is 13.1. The standard InChI is InChI=1S/C23H40NO6P/c1-3-4-5-6-7-8-9-10-11-12-13-14-15-16-21-29-31(27,28-2)30-23-19-17-22(18-20-23)24(25)26/h17-20H,3-16,21H2,1-2H3. The number of non-ortho nitro benzene ring substituents is 1. The van der Waals surface area contributed by atoms with Crippen LogP contribution in [0.5, 0.6) is 5.75 Å². The number of phosphoric acid groups is 1. The SMILES string of the molecule is CCCCCCCCCCCCCCCCOP(=O)(OC)Oc1ccc([N+](=O)[O-])cc1. The van der Waals surface area contributed by atoms with Crippen LogP contribution in [0, 0.1) is 10.1 Å². The van der Waals surface area contributed by atoms with Crippen LogP contribution < -0.4 is 4.52 Å². The first-order valence-corrected chi connectivity index (χ1v) is 13.2. The van der Waals surface area contributed by atoms with E-state index in [0.29, 0.717) is 0 Å². The van der Waals surface area contributed by atoms with Gasteiger partial charge in [0.05, 0.1) is 11.5 Å². The van der Waals surface area contributed by atoms with E-state index in [1.807, 2.05) is 0 Å². The van der Waals surface area contributed by atoms with Gasteiger partial charge in [0.15, 0.2) is 0 Å². The quantitative estimate of drug-likeness (QED) is 0.0848.